The van der Waals surface area contributed by atoms with Gasteiger partial charge in [-0.15, -0.1) is 0 Å². The number of hydrogen-bond acceptors (Lipinski definition) is 6. The van der Waals surface area contributed by atoms with Gasteiger partial charge in [0, 0.05) is 48.0 Å². The van der Waals surface area contributed by atoms with E-state index in [1.807, 2.05) is 30.6 Å². The van der Waals surface area contributed by atoms with Crippen LogP contribution < -0.4 is 22.5 Å². The van der Waals surface area contributed by atoms with E-state index in [0.29, 0.717) is 5.56 Å². The molecule has 0 saturated heterocycles. The molecule has 1 unspecified atom stereocenters. The van der Waals surface area contributed by atoms with Crippen molar-refractivity contribution in [1.82, 2.24) is 20.3 Å². The van der Waals surface area contributed by atoms with E-state index < -0.39 is 5.79 Å². The van der Waals surface area contributed by atoms with E-state index in [4.69, 9.17) is 17.2 Å². The van der Waals surface area contributed by atoms with E-state index in [1.165, 1.54) is 0 Å². The standard InChI is InChI=1S/C19H24N8/c1-3-23-14-9-26-16(10(14)2)18-15(12-5-4-6-24-12)17-13(27-18)7-11(8-25-17)19(20,21)22/h4-10,23-24,27H,3,20-22H2,1-2H3. The van der Waals surface area contributed by atoms with Crippen molar-refractivity contribution in [1.29, 1.82) is 0 Å². The average Bonchev–Trinajstić information content (AvgIpc) is 3.32. The molecule has 0 amide bonds. The van der Waals surface area contributed by atoms with Crippen LogP contribution in [0.2, 0.25) is 0 Å². The molecule has 9 N–H and O–H groups in total. The van der Waals surface area contributed by atoms with E-state index in [-0.39, 0.29) is 5.92 Å². The van der Waals surface area contributed by atoms with Crippen LogP contribution in [0.4, 0.5) is 0 Å². The lowest BCUT2D eigenvalue weighted by atomic mass is 9.97. The van der Waals surface area contributed by atoms with Gasteiger partial charge in [-0.2, -0.15) is 0 Å². The van der Waals surface area contributed by atoms with Crippen molar-refractivity contribution in [3.05, 3.63) is 53.7 Å². The molecule has 1 aliphatic heterocycles. The molecule has 4 rings (SSSR count). The van der Waals surface area contributed by atoms with Crippen LogP contribution in [0.3, 0.4) is 0 Å². The van der Waals surface area contributed by atoms with Gasteiger partial charge in [0.25, 0.3) is 0 Å². The zero-order valence-electron chi connectivity index (χ0n) is 15.4. The fourth-order valence-corrected chi connectivity index (χ4v) is 3.45. The topological polar surface area (TPSA) is 147 Å². The van der Waals surface area contributed by atoms with Gasteiger partial charge >= 0.3 is 0 Å². The second-order valence-corrected chi connectivity index (χ2v) is 6.86. The molecule has 140 valence electrons. The molecule has 8 nitrogen and oxygen atoms in total. The summed E-state index contributed by atoms with van der Waals surface area (Å²) < 4.78 is 0. The van der Waals surface area contributed by atoms with Crippen molar-refractivity contribution >= 4 is 16.7 Å². The lowest BCUT2D eigenvalue weighted by Gasteiger charge is -2.18. The maximum absolute atomic E-state index is 5.84. The number of aromatic nitrogens is 3. The van der Waals surface area contributed by atoms with Gasteiger partial charge in [-0.25, -0.2) is 0 Å². The molecule has 1 aliphatic rings. The molecule has 0 spiro atoms. The number of allylic oxidation sites excluding steroid dienone is 1. The van der Waals surface area contributed by atoms with Crippen LogP contribution in [-0.2, 0) is 5.79 Å². The molecule has 8 heteroatoms. The molecular formula is C19H24N8. The van der Waals surface area contributed by atoms with Crippen LogP contribution >= 0.6 is 0 Å². The Morgan fingerprint density at radius 1 is 1.30 bits per heavy atom. The molecule has 4 heterocycles. The van der Waals surface area contributed by atoms with Gasteiger partial charge in [0.15, 0.2) is 0 Å². The third-order valence-electron chi connectivity index (χ3n) is 4.86. The van der Waals surface area contributed by atoms with Gasteiger partial charge in [0.05, 0.1) is 28.0 Å². The second-order valence-electron chi connectivity index (χ2n) is 6.86. The number of pyridine rings is 1. The summed E-state index contributed by atoms with van der Waals surface area (Å²) in [6, 6.07) is 5.82. The van der Waals surface area contributed by atoms with Crippen LogP contribution in [-0.4, -0.2) is 27.2 Å². The molecule has 0 aromatic carbocycles. The number of nitrogens with zero attached hydrogens (tertiary/aromatic N) is 2. The first-order valence-corrected chi connectivity index (χ1v) is 8.94. The third-order valence-corrected chi connectivity index (χ3v) is 4.86. The number of nitrogens with two attached hydrogens (primary N) is 3. The maximum Gasteiger partial charge on any atom is 0.144 e. The Kier molecular flexibility index (Phi) is 4.11. The maximum atomic E-state index is 5.84. The Bertz CT molecular complexity index is 1030. The SMILES string of the molecule is CCNC1=CN=C(c2[nH]c3cc(C(N)(N)N)cnc3c2-c2ccc[nH]2)C1C. The van der Waals surface area contributed by atoms with Crippen LogP contribution in [0.15, 0.2) is 47.5 Å². The molecular weight excluding hydrogens is 340 g/mol. The molecule has 27 heavy (non-hydrogen) atoms. The Balaban J connectivity index is 1.89. The van der Waals surface area contributed by atoms with Crippen LogP contribution in [0.5, 0.6) is 0 Å². The van der Waals surface area contributed by atoms with Crippen molar-refractivity contribution < 1.29 is 0 Å². The summed E-state index contributed by atoms with van der Waals surface area (Å²) in [6.45, 7) is 5.06. The second kappa shape index (κ2) is 6.34. The number of aliphatic imine (C=N–C) groups is 1. The van der Waals surface area contributed by atoms with Gasteiger partial charge < -0.3 is 15.3 Å². The molecule has 3 aromatic heterocycles. The molecule has 0 radical (unpaired) electrons. The minimum atomic E-state index is -1.45. The smallest absolute Gasteiger partial charge is 0.144 e. The van der Waals surface area contributed by atoms with E-state index in [1.54, 1.807) is 6.20 Å². The Hall–Kier alpha value is -2.94. The van der Waals surface area contributed by atoms with Crippen molar-refractivity contribution in [2.45, 2.75) is 19.6 Å². The predicted molar refractivity (Wildman–Crippen MR) is 108 cm³/mol. The zero-order valence-corrected chi connectivity index (χ0v) is 15.4. The van der Waals surface area contributed by atoms with Crippen LogP contribution in [0, 0.1) is 5.92 Å². The zero-order chi connectivity index (χ0) is 19.2. The lowest BCUT2D eigenvalue weighted by molar-refractivity contribution is 0.487. The summed E-state index contributed by atoms with van der Waals surface area (Å²) in [4.78, 5) is 16.0. The fraction of sp³-hybridized carbons (Fsp3) is 0.263. The number of hydrogen-bond donors (Lipinski definition) is 6. The Morgan fingerprint density at radius 3 is 2.78 bits per heavy atom. The van der Waals surface area contributed by atoms with Crippen LogP contribution in [0.25, 0.3) is 22.3 Å². The number of aromatic amines is 2. The summed E-state index contributed by atoms with van der Waals surface area (Å²) in [5, 5.41) is 3.37. The van der Waals surface area contributed by atoms with Gasteiger partial charge in [-0.05, 0) is 25.1 Å². The van der Waals surface area contributed by atoms with Crippen LogP contribution in [0.1, 0.15) is 25.1 Å². The van der Waals surface area contributed by atoms with Gasteiger partial charge in [0.1, 0.15) is 5.79 Å². The molecule has 0 aliphatic carbocycles. The summed E-state index contributed by atoms with van der Waals surface area (Å²) in [7, 11) is 0. The van der Waals surface area contributed by atoms with E-state index in [0.717, 1.165) is 45.9 Å². The molecule has 1 atom stereocenters. The third kappa shape index (κ3) is 2.93. The highest BCUT2D eigenvalue weighted by atomic mass is 15.1. The molecule has 0 saturated carbocycles. The van der Waals surface area contributed by atoms with Gasteiger partial charge in [-0.3, -0.25) is 27.2 Å². The van der Waals surface area contributed by atoms with Gasteiger partial charge in [-0.1, -0.05) is 6.92 Å². The molecule has 0 fully saturated rings. The highest BCUT2D eigenvalue weighted by Gasteiger charge is 2.28. The van der Waals surface area contributed by atoms with Crippen molar-refractivity contribution in [3.8, 4) is 11.3 Å². The van der Waals surface area contributed by atoms with E-state index >= 15 is 0 Å². The number of rotatable bonds is 5. The largest absolute Gasteiger partial charge is 0.387 e. The summed E-state index contributed by atoms with van der Waals surface area (Å²) in [5.74, 6) is -1.31. The monoisotopic (exact) mass is 364 g/mol. The summed E-state index contributed by atoms with van der Waals surface area (Å²) >= 11 is 0. The Morgan fingerprint density at radius 2 is 2.11 bits per heavy atom. The predicted octanol–water partition coefficient (Wildman–Crippen LogP) is 1.43. The molecule has 3 aromatic rings. The first-order chi connectivity index (χ1) is 12.9. The van der Waals surface area contributed by atoms with Crippen molar-refractivity contribution in [3.63, 3.8) is 0 Å². The fourth-order valence-electron chi connectivity index (χ4n) is 3.45. The number of fused-ring (bicyclic) bond motifs is 1. The first-order valence-electron chi connectivity index (χ1n) is 8.94. The first kappa shape index (κ1) is 17.5. The average molecular weight is 364 g/mol. The normalized spacial score (nSPS) is 17.3. The number of nitrogens with one attached hydrogen (secondary N) is 3. The minimum Gasteiger partial charge on any atom is -0.387 e. The van der Waals surface area contributed by atoms with E-state index in [9.17, 15) is 0 Å². The summed E-state index contributed by atoms with van der Waals surface area (Å²) in [5.41, 5.74) is 24.6. The van der Waals surface area contributed by atoms with Gasteiger partial charge in [0.2, 0.25) is 0 Å². The lowest BCUT2D eigenvalue weighted by Crippen LogP contribution is -2.54. The molecule has 0 bridgehead atoms. The number of H-pyrrole nitrogens is 2. The quantitative estimate of drug-likeness (QED) is 0.379. The minimum absolute atomic E-state index is 0.142. The van der Waals surface area contributed by atoms with E-state index in [2.05, 4.69) is 39.1 Å². The highest BCUT2D eigenvalue weighted by Crippen LogP contribution is 2.34. The van der Waals surface area contributed by atoms with Crippen molar-refractivity contribution in [2.24, 2.45) is 28.1 Å². The highest BCUT2D eigenvalue weighted by molar-refractivity contribution is 6.13. The summed E-state index contributed by atoms with van der Waals surface area (Å²) in [6.07, 6.45) is 5.39. The van der Waals surface area contributed by atoms with Crippen molar-refractivity contribution in [2.75, 3.05) is 6.54 Å². The Labute approximate surface area is 156 Å².